The smallest absolute Gasteiger partial charge is 0.258 e. The molecule has 0 aliphatic rings. The van der Waals surface area contributed by atoms with Crippen LogP contribution in [0, 0.1) is 21.4 Å². The number of aromatic nitrogens is 1. The molecule has 128 valence electrons. The summed E-state index contributed by atoms with van der Waals surface area (Å²) in [7, 11) is 0. The van der Waals surface area contributed by atoms with Gasteiger partial charge in [-0.25, -0.2) is 4.98 Å². The van der Waals surface area contributed by atoms with E-state index in [-0.39, 0.29) is 5.69 Å². The molecule has 1 heterocycles. The number of nitriles is 1. The van der Waals surface area contributed by atoms with Crippen molar-refractivity contribution in [1.29, 1.82) is 5.26 Å². The van der Waals surface area contributed by atoms with Crippen molar-refractivity contribution in [2.45, 2.75) is 42.5 Å². The van der Waals surface area contributed by atoms with E-state index in [2.05, 4.69) is 24.6 Å². The largest absolute Gasteiger partial charge is 0.269 e. The highest BCUT2D eigenvalue weighted by molar-refractivity contribution is 7.99. The summed E-state index contributed by atoms with van der Waals surface area (Å²) in [4.78, 5) is 15.5. The zero-order chi connectivity index (χ0) is 18.2. The second-order valence-electron chi connectivity index (χ2n) is 5.50. The van der Waals surface area contributed by atoms with E-state index in [1.165, 1.54) is 23.9 Å². The monoisotopic (exact) mass is 353 g/mol. The Morgan fingerprint density at radius 2 is 2.08 bits per heavy atom. The molecule has 0 aliphatic carbocycles. The van der Waals surface area contributed by atoms with Crippen LogP contribution in [0.25, 0.3) is 6.08 Å². The Kier molecular flexibility index (Phi) is 6.72. The number of nitro groups is 1. The van der Waals surface area contributed by atoms with Crippen LogP contribution >= 0.6 is 11.8 Å². The minimum atomic E-state index is -0.436. The number of non-ortho nitro benzene ring substituents is 1. The third-order valence-electron chi connectivity index (χ3n) is 3.79. The van der Waals surface area contributed by atoms with Gasteiger partial charge in [0.05, 0.1) is 10.5 Å². The molecule has 1 aromatic heterocycles. The summed E-state index contributed by atoms with van der Waals surface area (Å²) in [5.74, 6) is 0. The Hall–Kier alpha value is -2.65. The van der Waals surface area contributed by atoms with Crippen LogP contribution in [0.5, 0.6) is 0 Å². The Labute approximate surface area is 151 Å². The Morgan fingerprint density at radius 1 is 1.36 bits per heavy atom. The van der Waals surface area contributed by atoms with E-state index in [0.717, 1.165) is 41.7 Å². The second kappa shape index (κ2) is 9.00. The fraction of sp³-hybridized carbons (Fsp3) is 0.263. The van der Waals surface area contributed by atoms with Crippen LogP contribution in [0.4, 0.5) is 5.69 Å². The lowest BCUT2D eigenvalue weighted by Gasteiger charge is -2.11. The quantitative estimate of drug-likeness (QED) is 0.361. The molecule has 25 heavy (non-hydrogen) atoms. The van der Waals surface area contributed by atoms with Crippen molar-refractivity contribution in [3.05, 3.63) is 63.8 Å². The van der Waals surface area contributed by atoms with Crippen molar-refractivity contribution in [2.24, 2.45) is 0 Å². The van der Waals surface area contributed by atoms with E-state index in [9.17, 15) is 15.4 Å². The number of unbranched alkanes of at least 4 members (excludes halogenated alkanes) is 2. The summed E-state index contributed by atoms with van der Waals surface area (Å²) in [6, 6.07) is 8.45. The summed E-state index contributed by atoms with van der Waals surface area (Å²) in [5, 5.41) is 20.9. The minimum absolute atomic E-state index is 0.0378. The first-order valence-corrected chi connectivity index (χ1v) is 8.89. The van der Waals surface area contributed by atoms with Crippen molar-refractivity contribution < 1.29 is 4.92 Å². The van der Waals surface area contributed by atoms with Gasteiger partial charge in [0.1, 0.15) is 11.1 Å². The number of rotatable bonds is 8. The maximum atomic E-state index is 10.7. The molecule has 1 aromatic carbocycles. The van der Waals surface area contributed by atoms with Crippen LogP contribution < -0.4 is 0 Å². The molecule has 5 nitrogen and oxygen atoms in total. The lowest BCUT2D eigenvalue weighted by molar-refractivity contribution is -0.384. The standard InChI is InChI=1S/C19H19N3O2S/c1-3-5-6-7-14-13-21-19(18(12-20)17(14)4-2)25-16-10-8-15(9-11-16)22(23)24/h4,8-11,13H,2-3,5-7H2,1H3. The molecule has 2 rings (SSSR count). The molecular formula is C19H19N3O2S. The van der Waals surface area contributed by atoms with E-state index in [1.807, 2.05) is 0 Å². The normalized spacial score (nSPS) is 10.2. The van der Waals surface area contributed by atoms with Crippen LogP contribution in [0.15, 0.2) is 47.0 Å². The van der Waals surface area contributed by atoms with E-state index in [4.69, 9.17) is 0 Å². The van der Waals surface area contributed by atoms with Crippen molar-refractivity contribution in [1.82, 2.24) is 4.98 Å². The molecule has 6 heteroatoms. The van der Waals surface area contributed by atoms with E-state index < -0.39 is 4.92 Å². The fourth-order valence-electron chi connectivity index (χ4n) is 2.48. The van der Waals surface area contributed by atoms with Gasteiger partial charge in [-0.05, 0) is 36.1 Å². The van der Waals surface area contributed by atoms with Gasteiger partial charge in [0.2, 0.25) is 0 Å². The van der Waals surface area contributed by atoms with Gasteiger partial charge in [-0.1, -0.05) is 44.2 Å². The van der Waals surface area contributed by atoms with Crippen LogP contribution in [0.2, 0.25) is 0 Å². The van der Waals surface area contributed by atoms with Crippen molar-refractivity contribution >= 4 is 23.5 Å². The van der Waals surface area contributed by atoms with E-state index in [0.29, 0.717) is 10.6 Å². The maximum absolute atomic E-state index is 10.7. The molecule has 0 saturated heterocycles. The Balaban J connectivity index is 2.30. The summed E-state index contributed by atoms with van der Waals surface area (Å²) in [6.07, 6.45) is 7.72. The number of aryl methyl sites for hydroxylation is 1. The van der Waals surface area contributed by atoms with Gasteiger partial charge in [0.15, 0.2) is 0 Å². The molecule has 0 atom stereocenters. The molecule has 0 spiro atoms. The average Bonchev–Trinajstić information content (AvgIpc) is 2.62. The first-order chi connectivity index (χ1) is 12.1. The van der Waals surface area contributed by atoms with Gasteiger partial charge in [0.25, 0.3) is 5.69 Å². The molecule has 0 N–H and O–H groups in total. The topological polar surface area (TPSA) is 79.8 Å². The lowest BCUT2D eigenvalue weighted by Crippen LogP contribution is -1.99. The summed E-state index contributed by atoms with van der Waals surface area (Å²) < 4.78 is 0. The fourth-order valence-corrected chi connectivity index (χ4v) is 3.34. The molecular weight excluding hydrogens is 334 g/mol. The molecule has 0 bridgehead atoms. The maximum Gasteiger partial charge on any atom is 0.269 e. The Morgan fingerprint density at radius 3 is 2.64 bits per heavy atom. The zero-order valence-electron chi connectivity index (χ0n) is 14.1. The number of hydrogen-bond acceptors (Lipinski definition) is 5. The van der Waals surface area contributed by atoms with Gasteiger partial charge in [0, 0.05) is 23.2 Å². The Bertz CT molecular complexity index is 811. The van der Waals surface area contributed by atoms with Crippen molar-refractivity contribution in [3.8, 4) is 6.07 Å². The average molecular weight is 353 g/mol. The van der Waals surface area contributed by atoms with E-state index in [1.54, 1.807) is 24.4 Å². The summed E-state index contributed by atoms with van der Waals surface area (Å²) >= 11 is 1.32. The van der Waals surface area contributed by atoms with Gasteiger partial charge >= 0.3 is 0 Å². The minimum Gasteiger partial charge on any atom is -0.258 e. The first-order valence-electron chi connectivity index (χ1n) is 8.07. The van der Waals surface area contributed by atoms with Crippen LogP contribution in [-0.4, -0.2) is 9.91 Å². The third kappa shape index (κ3) is 4.68. The molecule has 0 radical (unpaired) electrons. The van der Waals surface area contributed by atoms with Crippen LogP contribution in [0.1, 0.15) is 42.9 Å². The molecule has 0 saturated carbocycles. The van der Waals surface area contributed by atoms with Gasteiger partial charge in [-0.2, -0.15) is 5.26 Å². The highest BCUT2D eigenvalue weighted by Crippen LogP contribution is 2.32. The highest BCUT2D eigenvalue weighted by atomic mass is 32.2. The number of hydrogen-bond donors (Lipinski definition) is 0. The van der Waals surface area contributed by atoms with Crippen molar-refractivity contribution in [2.75, 3.05) is 0 Å². The number of nitro benzene ring substituents is 1. The second-order valence-corrected chi connectivity index (χ2v) is 6.57. The first kappa shape index (κ1) is 18.7. The molecule has 0 fully saturated rings. The van der Waals surface area contributed by atoms with Gasteiger partial charge in [-0.15, -0.1) is 0 Å². The molecule has 2 aromatic rings. The molecule has 0 amide bonds. The molecule has 0 aliphatic heterocycles. The lowest BCUT2D eigenvalue weighted by atomic mass is 10.00. The summed E-state index contributed by atoms with van der Waals surface area (Å²) in [6.45, 7) is 5.99. The van der Waals surface area contributed by atoms with Crippen LogP contribution in [0.3, 0.4) is 0 Å². The van der Waals surface area contributed by atoms with Crippen molar-refractivity contribution in [3.63, 3.8) is 0 Å². The predicted octanol–water partition coefficient (Wildman–Crippen LogP) is 5.39. The van der Waals surface area contributed by atoms with Crippen LogP contribution in [-0.2, 0) is 6.42 Å². The summed E-state index contributed by atoms with van der Waals surface area (Å²) in [5.41, 5.74) is 2.41. The zero-order valence-corrected chi connectivity index (χ0v) is 14.9. The molecule has 0 unspecified atom stereocenters. The van der Waals surface area contributed by atoms with Gasteiger partial charge in [-0.3, -0.25) is 10.1 Å². The number of pyridine rings is 1. The van der Waals surface area contributed by atoms with E-state index >= 15 is 0 Å². The van der Waals surface area contributed by atoms with Gasteiger partial charge < -0.3 is 0 Å². The highest BCUT2D eigenvalue weighted by Gasteiger charge is 2.14. The predicted molar refractivity (Wildman–Crippen MR) is 99.5 cm³/mol. The number of nitrogens with zero attached hydrogens (tertiary/aromatic N) is 3. The third-order valence-corrected chi connectivity index (χ3v) is 4.81. The SMILES string of the molecule is C=Cc1c(CCCCC)cnc(Sc2ccc([N+](=O)[O-])cc2)c1C#N. The number of benzene rings is 1.